The number of nitrogens with one attached hydrogen (secondary N) is 1. The summed E-state index contributed by atoms with van der Waals surface area (Å²) in [5.41, 5.74) is 1.71. The van der Waals surface area contributed by atoms with E-state index in [-0.39, 0.29) is 18.3 Å². The molecule has 0 unspecified atom stereocenters. The molecule has 1 heterocycles. The smallest absolute Gasteiger partial charge is 0.251 e. The van der Waals surface area contributed by atoms with Crippen molar-refractivity contribution in [2.45, 2.75) is 6.54 Å². The molecule has 2 aromatic carbocycles. The van der Waals surface area contributed by atoms with Crippen LogP contribution in [0.2, 0.25) is 0 Å². The summed E-state index contributed by atoms with van der Waals surface area (Å²) in [5.74, 6) is -0.0980. The Bertz CT molecular complexity index is 865. The highest BCUT2D eigenvalue weighted by Crippen LogP contribution is 2.17. The van der Waals surface area contributed by atoms with E-state index in [0.29, 0.717) is 16.9 Å². The fourth-order valence-corrected chi connectivity index (χ4v) is 2.31. The average molecular weight is 310 g/mol. The molecule has 1 amide bonds. The number of hydrogen-bond acceptors (Lipinski definition) is 3. The van der Waals surface area contributed by atoms with Crippen LogP contribution in [0.4, 0.5) is 4.39 Å². The number of pyridine rings is 1. The SMILES string of the molecule is COc1ccc(F)c(CNC(=O)c2ccc3ncccc3c2)c1. The number of halogens is 1. The second kappa shape index (κ2) is 6.44. The second-order valence-corrected chi connectivity index (χ2v) is 5.05. The third-order valence-electron chi connectivity index (χ3n) is 3.56. The van der Waals surface area contributed by atoms with Crippen molar-refractivity contribution in [2.75, 3.05) is 7.11 Å². The normalized spacial score (nSPS) is 10.5. The molecule has 1 N–H and O–H groups in total. The number of ether oxygens (including phenoxy) is 1. The maximum absolute atomic E-state index is 13.8. The molecular weight excluding hydrogens is 295 g/mol. The van der Waals surface area contributed by atoms with Crippen molar-refractivity contribution in [2.24, 2.45) is 0 Å². The first-order valence-electron chi connectivity index (χ1n) is 7.13. The number of amides is 1. The first-order chi connectivity index (χ1) is 11.2. The lowest BCUT2D eigenvalue weighted by atomic mass is 10.1. The molecule has 23 heavy (non-hydrogen) atoms. The minimum atomic E-state index is -0.381. The number of hydrogen-bond donors (Lipinski definition) is 1. The molecule has 0 aliphatic rings. The molecule has 0 aliphatic carbocycles. The van der Waals surface area contributed by atoms with Crippen LogP contribution in [0.25, 0.3) is 10.9 Å². The highest BCUT2D eigenvalue weighted by atomic mass is 19.1. The van der Waals surface area contributed by atoms with E-state index in [4.69, 9.17) is 4.74 Å². The summed E-state index contributed by atoms with van der Waals surface area (Å²) in [6, 6.07) is 13.4. The highest BCUT2D eigenvalue weighted by Gasteiger charge is 2.09. The van der Waals surface area contributed by atoms with Crippen molar-refractivity contribution in [1.29, 1.82) is 0 Å². The first-order valence-corrected chi connectivity index (χ1v) is 7.13. The maximum Gasteiger partial charge on any atom is 0.251 e. The first kappa shape index (κ1) is 15.0. The topological polar surface area (TPSA) is 51.2 Å². The minimum Gasteiger partial charge on any atom is -0.497 e. The van der Waals surface area contributed by atoms with Gasteiger partial charge < -0.3 is 10.1 Å². The predicted molar refractivity (Wildman–Crippen MR) is 85.9 cm³/mol. The molecule has 0 aliphatic heterocycles. The van der Waals surface area contributed by atoms with Gasteiger partial charge in [0, 0.05) is 29.3 Å². The van der Waals surface area contributed by atoms with Crippen LogP contribution in [0, 0.1) is 5.82 Å². The Morgan fingerprint density at radius 2 is 2.09 bits per heavy atom. The monoisotopic (exact) mass is 310 g/mol. The molecule has 3 rings (SSSR count). The van der Waals surface area contributed by atoms with E-state index in [0.717, 1.165) is 10.9 Å². The van der Waals surface area contributed by atoms with Crippen molar-refractivity contribution in [3.8, 4) is 5.75 Å². The lowest BCUT2D eigenvalue weighted by molar-refractivity contribution is 0.0950. The van der Waals surface area contributed by atoms with Crippen molar-refractivity contribution in [3.05, 3.63) is 71.7 Å². The third-order valence-corrected chi connectivity index (χ3v) is 3.56. The molecule has 0 atom stereocenters. The molecule has 0 radical (unpaired) electrons. The molecular formula is C18H15FN2O2. The summed E-state index contributed by atoms with van der Waals surface area (Å²) in [4.78, 5) is 16.5. The Morgan fingerprint density at radius 1 is 1.22 bits per heavy atom. The van der Waals surface area contributed by atoms with Gasteiger partial charge in [-0.15, -0.1) is 0 Å². The number of rotatable bonds is 4. The van der Waals surface area contributed by atoms with Gasteiger partial charge in [0.25, 0.3) is 5.91 Å². The van der Waals surface area contributed by atoms with E-state index in [2.05, 4.69) is 10.3 Å². The molecule has 5 heteroatoms. The fourth-order valence-electron chi connectivity index (χ4n) is 2.31. The standard InChI is InChI=1S/C18H15FN2O2/c1-23-15-5-6-16(19)14(10-15)11-21-18(22)13-4-7-17-12(9-13)3-2-8-20-17/h2-10H,11H2,1H3,(H,21,22). The number of carbonyl (C=O) groups is 1. The molecule has 4 nitrogen and oxygen atoms in total. The largest absolute Gasteiger partial charge is 0.497 e. The van der Waals surface area contributed by atoms with E-state index in [1.54, 1.807) is 30.5 Å². The van der Waals surface area contributed by atoms with Crippen molar-refractivity contribution in [3.63, 3.8) is 0 Å². The summed E-state index contributed by atoms with van der Waals surface area (Å²) >= 11 is 0. The quantitative estimate of drug-likeness (QED) is 0.804. The molecule has 116 valence electrons. The van der Waals surface area contributed by atoms with E-state index >= 15 is 0 Å². The summed E-state index contributed by atoms with van der Waals surface area (Å²) in [7, 11) is 1.51. The maximum atomic E-state index is 13.8. The Labute approximate surface area is 132 Å². The van der Waals surface area contributed by atoms with Crippen LogP contribution in [0.15, 0.2) is 54.7 Å². The minimum absolute atomic E-state index is 0.0902. The van der Waals surface area contributed by atoms with Gasteiger partial charge in [-0.05, 0) is 42.5 Å². The molecule has 0 saturated heterocycles. The molecule has 0 bridgehead atoms. The lowest BCUT2D eigenvalue weighted by Gasteiger charge is -2.08. The van der Waals surface area contributed by atoms with E-state index in [9.17, 15) is 9.18 Å². The van der Waals surface area contributed by atoms with E-state index in [1.807, 2.05) is 12.1 Å². The number of fused-ring (bicyclic) bond motifs is 1. The number of methoxy groups -OCH3 is 1. The van der Waals surface area contributed by atoms with Crippen molar-refractivity contribution in [1.82, 2.24) is 10.3 Å². The van der Waals surface area contributed by atoms with Crippen LogP contribution in [0.1, 0.15) is 15.9 Å². The van der Waals surface area contributed by atoms with Gasteiger partial charge >= 0.3 is 0 Å². The Kier molecular flexibility index (Phi) is 4.19. The average Bonchev–Trinajstić information content (AvgIpc) is 2.60. The van der Waals surface area contributed by atoms with Gasteiger partial charge in [-0.1, -0.05) is 6.07 Å². The lowest BCUT2D eigenvalue weighted by Crippen LogP contribution is -2.23. The van der Waals surface area contributed by atoms with Crippen LogP contribution in [-0.4, -0.2) is 18.0 Å². The van der Waals surface area contributed by atoms with Gasteiger partial charge in [0.15, 0.2) is 0 Å². The predicted octanol–water partition coefficient (Wildman–Crippen LogP) is 3.31. The summed E-state index contributed by atoms with van der Waals surface area (Å²) < 4.78 is 18.8. The van der Waals surface area contributed by atoms with Gasteiger partial charge in [0.1, 0.15) is 11.6 Å². The van der Waals surface area contributed by atoms with Crippen molar-refractivity contribution >= 4 is 16.8 Å². The molecule has 3 aromatic rings. The Morgan fingerprint density at radius 3 is 2.91 bits per heavy atom. The van der Waals surface area contributed by atoms with Gasteiger partial charge in [-0.3, -0.25) is 9.78 Å². The Hall–Kier alpha value is -2.95. The second-order valence-electron chi connectivity index (χ2n) is 5.05. The summed E-state index contributed by atoms with van der Waals surface area (Å²) in [6.07, 6.45) is 1.70. The van der Waals surface area contributed by atoms with Crippen LogP contribution in [0.5, 0.6) is 5.75 Å². The molecule has 0 spiro atoms. The third kappa shape index (κ3) is 3.29. The van der Waals surface area contributed by atoms with Crippen molar-refractivity contribution < 1.29 is 13.9 Å². The zero-order valence-electron chi connectivity index (χ0n) is 12.5. The highest BCUT2D eigenvalue weighted by molar-refractivity contribution is 5.97. The van der Waals surface area contributed by atoms with Crippen LogP contribution in [-0.2, 0) is 6.54 Å². The summed E-state index contributed by atoms with van der Waals surface area (Å²) in [6.45, 7) is 0.0902. The molecule has 0 fully saturated rings. The number of carbonyl (C=O) groups excluding carboxylic acids is 1. The Balaban J connectivity index is 1.76. The zero-order valence-corrected chi connectivity index (χ0v) is 12.5. The number of nitrogens with zero attached hydrogens (tertiary/aromatic N) is 1. The van der Waals surface area contributed by atoms with Gasteiger partial charge in [0.2, 0.25) is 0 Å². The summed E-state index contributed by atoms with van der Waals surface area (Å²) in [5, 5.41) is 3.60. The number of benzene rings is 2. The van der Waals surface area contributed by atoms with Crippen LogP contribution >= 0.6 is 0 Å². The fraction of sp³-hybridized carbons (Fsp3) is 0.111. The van der Waals surface area contributed by atoms with Gasteiger partial charge in [-0.25, -0.2) is 4.39 Å². The molecule has 0 saturated carbocycles. The number of aromatic nitrogens is 1. The molecule has 1 aromatic heterocycles. The zero-order chi connectivity index (χ0) is 16.2. The van der Waals surface area contributed by atoms with E-state index in [1.165, 1.54) is 19.2 Å². The van der Waals surface area contributed by atoms with Gasteiger partial charge in [0.05, 0.1) is 12.6 Å². The van der Waals surface area contributed by atoms with Crippen LogP contribution < -0.4 is 10.1 Å². The van der Waals surface area contributed by atoms with Crippen LogP contribution in [0.3, 0.4) is 0 Å². The van der Waals surface area contributed by atoms with E-state index < -0.39 is 0 Å². The van der Waals surface area contributed by atoms with Gasteiger partial charge in [-0.2, -0.15) is 0 Å².